The number of likely N-dealkylation sites (tertiary alicyclic amines) is 1. The summed E-state index contributed by atoms with van der Waals surface area (Å²) in [6, 6.07) is 1.58. The maximum absolute atomic E-state index is 12.6. The monoisotopic (exact) mass is 333 g/mol. The molecule has 2 fully saturated rings. The molecule has 3 rings (SSSR count). The summed E-state index contributed by atoms with van der Waals surface area (Å²) in [5.41, 5.74) is -0.234. The van der Waals surface area contributed by atoms with E-state index in [0.717, 1.165) is 12.8 Å². The highest BCUT2D eigenvalue weighted by Gasteiger charge is 2.50. The zero-order valence-corrected chi connectivity index (χ0v) is 14.3. The lowest BCUT2D eigenvalue weighted by atomic mass is 9.90. The first-order valence-corrected chi connectivity index (χ1v) is 8.35. The summed E-state index contributed by atoms with van der Waals surface area (Å²) in [4.78, 5) is 37.8. The third-order valence-electron chi connectivity index (χ3n) is 4.83. The predicted octanol–water partition coefficient (Wildman–Crippen LogP) is 1.36. The third kappa shape index (κ3) is 2.79. The van der Waals surface area contributed by atoms with Crippen LogP contribution in [0.1, 0.15) is 54.3 Å². The highest BCUT2D eigenvalue weighted by atomic mass is 16.4. The Bertz CT molecular complexity index is 734. The van der Waals surface area contributed by atoms with Crippen molar-refractivity contribution >= 4 is 11.9 Å². The second-order valence-corrected chi connectivity index (χ2v) is 6.93. The van der Waals surface area contributed by atoms with Crippen LogP contribution in [0.15, 0.2) is 15.3 Å². The fourth-order valence-electron chi connectivity index (χ4n) is 3.46. The van der Waals surface area contributed by atoms with Gasteiger partial charge in [-0.3, -0.25) is 4.79 Å². The number of aryl methyl sites for hydroxylation is 1. The van der Waals surface area contributed by atoms with Crippen molar-refractivity contribution in [2.45, 2.75) is 45.1 Å². The van der Waals surface area contributed by atoms with Crippen LogP contribution in [0.25, 0.3) is 0 Å². The van der Waals surface area contributed by atoms with Crippen LogP contribution in [0.2, 0.25) is 0 Å². The van der Waals surface area contributed by atoms with Crippen molar-refractivity contribution in [1.82, 2.24) is 15.5 Å². The molecule has 0 bridgehead atoms. The predicted molar refractivity (Wildman–Crippen MR) is 88.2 cm³/mol. The van der Waals surface area contributed by atoms with Gasteiger partial charge in [-0.05, 0) is 25.0 Å². The van der Waals surface area contributed by atoms with Crippen molar-refractivity contribution in [1.29, 1.82) is 0 Å². The molecule has 1 aromatic heterocycles. The summed E-state index contributed by atoms with van der Waals surface area (Å²) in [6.07, 6.45) is 1.93. The molecule has 130 valence electrons. The molecular formula is C17H23N3O4. The number of carbonyl (C=O) groups is 2. The van der Waals surface area contributed by atoms with Gasteiger partial charge in [-0.1, -0.05) is 20.3 Å². The minimum atomic E-state index is -0.576. The standard InChI is InChI=1S/C17H23N3O4/c1-4-5-10(2)12-6-11(3)13(15(22)24-12)14(21)20-8-17(9-20)7-18-16(23)19-17/h6,10H,4-5,7-9H2,1-3H3,(H2,18,19,23). The Balaban J connectivity index is 1.77. The Hall–Kier alpha value is -2.31. The second kappa shape index (κ2) is 5.96. The van der Waals surface area contributed by atoms with E-state index in [0.29, 0.717) is 31.0 Å². The van der Waals surface area contributed by atoms with E-state index in [1.165, 1.54) is 0 Å². The van der Waals surface area contributed by atoms with Gasteiger partial charge in [0.05, 0.1) is 5.54 Å². The molecule has 7 heteroatoms. The Morgan fingerprint density at radius 2 is 2.12 bits per heavy atom. The smallest absolute Gasteiger partial charge is 0.349 e. The molecule has 3 amide bonds. The largest absolute Gasteiger partial charge is 0.427 e. The van der Waals surface area contributed by atoms with Gasteiger partial charge in [0.25, 0.3) is 5.91 Å². The molecule has 1 spiro atoms. The van der Waals surface area contributed by atoms with Gasteiger partial charge in [-0.15, -0.1) is 0 Å². The maximum atomic E-state index is 12.6. The van der Waals surface area contributed by atoms with Crippen molar-refractivity contribution < 1.29 is 14.0 Å². The number of hydrogen-bond acceptors (Lipinski definition) is 4. The van der Waals surface area contributed by atoms with E-state index >= 15 is 0 Å². The van der Waals surface area contributed by atoms with E-state index in [1.807, 2.05) is 6.92 Å². The minimum absolute atomic E-state index is 0.0922. The van der Waals surface area contributed by atoms with Gasteiger partial charge in [-0.2, -0.15) is 0 Å². The summed E-state index contributed by atoms with van der Waals surface area (Å²) in [5.74, 6) is 0.448. The van der Waals surface area contributed by atoms with Crippen molar-refractivity contribution in [3.63, 3.8) is 0 Å². The molecule has 7 nitrogen and oxygen atoms in total. The van der Waals surface area contributed by atoms with Crippen LogP contribution in [0.3, 0.4) is 0 Å². The number of hydrogen-bond donors (Lipinski definition) is 2. The molecule has 2 aliphatic heterocycles. The van der Waals surface area contributed by atoms with Crippen molar-refractivity contribution in [2.24, 2.45) is 0 Å². The Kier molecular flexibility index (Phi) is 4.11. The first kappa shape index (κ1) is 16.5. The highest BCUT2D eigenvalue weighted by Crippen LogP contribution is 2.26. The maximum Gasteiger partial charge on any atom is 0.349 e. The average molecular weight is 333 g/mol. The normalized spacial score (nSPS) is 19.6. The summed E-state index contributed by atoms with van der Waals surface area (Å²) in [6.45, 7) is 7.15. The molecular weight excluding hydrogens is 310 g/mol. The topological polar surface area (TPSA) is 91.7 Å². The summed E-state index contributed by atoms with van der Waals surface area (Å²) in [5, 5.41) is 5.52. The molecule has 2 aliphatic rings. The van der Waals surface area contributed by atoms with Crippen LogP contribution in [0.4, 0.5) is 4.79 Å². The molecule has 1 aromatic rings. The lowest BCUT2D eigenvalue weighted by Gasteiger charge is -2.46. The van der Waals surface area contributed by atoms with E-state index in [9.17, 15) is 14.4 Å². The molecule has 0 aliphatic carbocycles. The van der Waals surface area contributed by atoms with Crippen LogP contribution < -0.4 is 16.3 Å². The van der Waals surface area contributed by atoms with Gasteiger partial charge in [-0.25, -0.2) is 9.59 Å². The van der Waals surface area contributed by atoms with Crippen LogP contribution in [0.5, 0.6) is 0 Å². The van der Waals surface area contributed by atoms with Crippen LogP contribution in [-0.4, -0.2) is 42.0 Å². The SMILES string of the molecule is CCCC(C)c1cc(C)c(C(=O)N2CC3(CNC(=O)N3)C2)c(=O)o1. The fraction of sp³-hybridized carbons (Fsp3) is 0.588. The highest BCUT2D eigenvalue weighted by molar-refractivity contribution is 5.96. The van der Waals surface area contributed by atoms with Gasteiger partial charge in [0.1, 0.15) is 11.3 Å². The van der Waals surface area contributed by atoms with Crippen LogP contribution in [-0.2, 0) is 0 Å². The first-order chi connectivity index (χ1) is 11.3. The Morgan fingerprint density at radius 3 is 2.67 bits per heavy atom. The molecule has 0 aromatic carbocycles. The molecule has 1 unspecified atom stereocenters. The van der Waals surface area contributed by atoms with Gasteiger partial charge in [0.15, 0.2) is 0 Å². The van der Waals surface area contributed by atoms with E-state index in [4.69, 9.17) is 4.42 Å². The Morgan fingerprint density at radius 1 is 1.42 bits per heavy atom. The van der Waals surface area contributed by atoms with Gasteiger partial charge in [0.2, 0.25) is 0 Å². The molecule has 0 saturated carbocycles. The molecule has 24 heavy (non-hydrogen) atoms. The first-order valence-electron chi connectivity index (χ1n) is 8.35. The fourth-order valence-corrected chi connectivity index (χ4v) is 3.46. The number of urea groups is 1. The van der Waals surface area contributed by atoms with Crippen molar-refractivity contribution in [3.8, 4) is 0 Å². The lowest BCUT2D eigenvalue weighted by molar-refractivity contribution is 0.0391. The van der Waals surface area contributed by atoms with Gasteiger partial charge >= 0.3 is 11.7 Å². The third-order valence-corrected chi connectivity index (χ3v) is 4.83. The van der Waals surface area contributed by atoms with Gasteiger partial charge in [0, 0.05) is 25.6 Å². The quantitative estimate of drug-likeness (QED) is 0.870. The number of nitrogens with one attached hydrogen (secondary N) is 2. The van der Waals surface area contributed by atoms with Crippen molar-refractivity contribution in [3.05, 3.63) is 33.4 Å². The number of rotatable bonds is 4. The number of nitrogens with zero attached hydrogens (tertiary/aromatic N) is 1. The minimum Gasteiger partial charge on any atom is -0.427 e. The number of carbonyl (C=O) groups excluding carboxylic acids is 2. The Labute approximate surface area is 140 Å². The summed E-state index contributed by atoms with van der Waals surface area (Å²) in [7, 11) is 0. The van der Waals surface area contributed by atoms with E-state index < -0.39 is 11.2 Å². The van der Waals surface area contributed by atoms with Crippen LogP contribution >= 0.6 is 0 Å². The lowest BCUT2D eigenvalue weighted by Crippen LogP contribution is -2.70. The molecule has 0 radical (unpaired) electrons. The number of amides is 3. The molecule has 1 atom stereocenters. The molecule has 2 N–H and O–H groups in total. The summed E-state index contributed by atoms with van der Waals surface area (Å²) >= 11 is 0. The van der Waals surface area contributed by atoms with E-state index in [2.05, 4.69) is 17.6 Å². The van der Waals surface area contributed by atoms with E-state index in [-0.39, 0.29) is 23.4 Å². The molecule has 3 heterocycles. The zero-order valence-electron chi connectivity index (χ0n) is 14.3. The van der Waals surface area contributed by atoms with Crippen LogP contribution in [0, 0.1) is 6.92 Å². The van der Waals surface area contributed by atoms with E-state index in [1.54, 1.807) is 17.9 Å². The zero-order chi connectivity index (χ0) is 17.5. The summed E-state index contributed by atoms with van der Waals surface area (Å²) < 4.78 is 5.39. The van der Waals surface area contributed by atoms with Crippen molar-refractivity contribution in [2.75, 3.05) is 19.6 Å². The second-order valence-electron chi connectivity index (χ2n) is 6.93. The molecule has 2 saturated heterocycles. The van der Waals surface area contributed by atoms with Gasteiger partial charge < -0.3 is 20.0 Å². The average Bonchev–Trinajstić information content (AvgIpc) is 2.87.